The molecule has 0 aromatic heterocycles. The number of rotatable bonds is 5. The van der Waals surface area contributed by atoms with Crippen molar-refractivity contribution in [2.24, 2.45) is 10.8 Å². The van der Waals surface area contributed by atoms with Crippen LogP contribution in [0, 0.1) is 0 Å². The maximum Gasteiger partial charge on any atom is 0.247 e. The lowest BCUT2D eigenvalue weighted by molar-refractivity contribution is -0.121. The van der Waals surface area contributed by atoms with E-state index in [4.69, 9.17) is 10.5 Å². The third-order valence-electron chi connectivity index (χ3n) is 3.08. The molecule has 9 heteroatoms. The Balaban J connectivity index is 2.12. The van der Waals surface area contributed by atoms with Gasteiger partial charge in [-0.3, -0.25) is 14.4 Å². The Morgan fingerprint density at radius 1 is 1.50 bits per heavy atom. The second kappa shape index (κ2) is 7.82. The molecule has 0 bridgehead atoms. The number of imide groups is 1. The van der Waals surface area contributed by atoms with Gasteiger partial charge in [-0.05, 0) is 19.1 Å². The van der Waals surface area contributed by atoms with Crippen molar-refractivity contribution < 1.29 is 19.1 Å². The van der Waals surface area contributed by atoms with E-state index >= 15 is 0 Å². The standard InChI is InChI=1S/C15H18N4O4S/c1-3-23-11-6-4-5-10(7-11)19-13(21)8-12(14(19)22)24-15(16)18-17-9(2)20/h4-7,12H,3,8H2,1-2H3,(H2,16,18)(H,17,20)/t12-/m0/s1. The normalized spacial score (nSPS) is 18.0. The number of thioether (sulfide) groups is 1. The predicted molar refractivity (Wildman–Crippen MR) is 91.5 cm³/mol. The van der Waals surface area contributed by atoms with Crippen LogP contribution in [0.2, 0.25) is 0 Å². The topological polar surface area (TPSA) is 114 Å². The van der Waals surface area contributed by atoms with Gasteiger partial charge in [0.2, 0.25) is 17.7 Å². The molecule has 1 aliphatic rings. The number of carbonyl (C=O) groups excluding carboxylic acids is 3. The van der Waals surface area contributed by atoms with Crippen LogP contribution in [0.1, 0.15) is 20.3 Å². The molecular weight excluding hydrogens is 332 g/mol. The Labute approximate surface area is 143 Å². The molecule has 1 aromatic carbocycles. The molecule has 1 aromatic rings. The first kappa shape index (κ1) is 17.8. The summed E-state index contributed by atoms with van der Waals surface area (Å²) in [5.41, 5.74) is 8.30. The maximum absolute atomic E-state index is 12.5. The number of hydrazone groups is 1. The van der Waals surface area contributed by atoms with Gasteiger partial charge in [0.15, 0.2) is 5.17 Å². The molecule has 128 valence electrons. The van der Waals surface area contributed by atoms with Crippen LogP contribution in [0.4, 0.5) is 5.69 Å². The van der Waals surface area contributed by atoms with Crippen molar-refractivity contribution in [1.29, 1.82) is 0 Å². The van der Waals surface area contributed by atoms with Gasteiger partial charge in [0.25, 0.3) is 0 Å². The number of amides is 3. The molecule has 3 amide bonds. The Hall–Kier alpha value is -2.55. The minimum absolute atomic E-state index is 0.0126. The quantitative estimate of drug-likeness (QED) is 0.352. The average molecular weight is 350 g/mol. The first-order chi connectivity index (χ1) is 11.4. The van der Waals surface area contributed by atoms with Crippen molar-refractivity contribution in [3.8, 4) is 5.75 Å². The van der Waals surface area contributed by atoms with E-state index in [1.165, 1.54) is 6.92 Å². The van der Waals surface area contributed by atoms with Crippen LogP contribution in [0.15, 0.2) is 29.4 Å². The van der Waals surface area contributed by atoms with Gasteiger partial charge in [-0.2, -0.15) is 0 Å². The number of benzene rings is 1. The molecule has 2 rings (SSSR count). The molecule has 24 heavy (non-hydrogen) atoms. The van der Waals surface area contributed by atoms with E-state index in [1.807, 2.05) is 6.92 Å². The Morgan fingerprint density at radius 3 is 2.92 bits per heavy atom. The van der Waals surface area contributed by atoms with Gasteiger partial charge in [-0.1, -0.05) is 17.8 Å². The van der Waals surface area contributed by atoms with Gasteiger partial charge in [-0.25, -0.2) is 10.3 Å². The number of hydrogen-bond donors (Lipinski definition) is 2. The maximum atomic E-state index is 12.5. The molecule has 0 radical (unpaired) electrons. The first-order valence-electron chi connectivity index (χ1n) is 7.28. The Bertz CT molecular complexity index is 692. The number of nitrogens with zero attached hydrogens (tertiary/aromatic N) is 2. The summed E-state index contributed by atoms with van der Waals surface area (Å²) in [6, 6.07) is 6.78. The minimum atomic E-state index is -0.675. The highest BCUT2D eigenvalue weighted by atomic mass is 32.2. The molecule has 8 nitrogen and oxygen atoms in total. The zero-order valence-electron chi connectivity index (χ0n) is 13.3. The van der Waals surface area contributed by atoms with Crippen LogP contribution in [0.3, 0.4) is 0 Å². The third kappa shape index (κ3) is 4.25. The number of nitrogens with two attached hydrogens (primary N) is 1. The van der Waals surface area contributed by atoms with Crippen LogP contribution in [0.25, 0.3) is 0 Å². The number of anilines is 1. The van der Waals surface area contributed by atoms with Crippen LogP contribution in [0.5, 0.6) is 5.75 Å². The third-order valence-corrected chi connectivity index (χ3v) is 4.06. The monoisotopic (exact) mass is 350 g/mol. The van der Waals surface area contributed by atoms with E-state index in [0.29, 0.717) is 18.0 Å². The number of amidine groups is 1. The minimum Gasteiger partial charge on any atom is -0.494 e. The highest BCUT2D eigenvalue weighted by Gasteiger charge is 2.40. The van der Waals surface area contributed by atoms with E-state index in [9.17, 15) is 14.4 Å². The van der Waals surface area contributed by atoms with Gasteiger partial charge in [-0.15, -0.1) is 5.10 Å². The van der Waals surface area contributed by atoms with Crippen LogP contribution >= 0.6 is 11.8 Å². The second-order valence-electron chi connectivity index (χ2n) is 4.93. The summed E-state index contributed by atoms with van der Waals surface area (Å²) in [7, 11) is 0. The summed E-state index contributed by atoms with van der Waals surface area (Å²) in [6.45, 7) is 3.63. The summed E-state index contributed by atoms with van der Waals surface area (Å²) in [6.07, 6.45) is 0.0126. The molecule has 1 saturated heterocycles. The van der Waals surface area contributed by atoms with Gasteiger partial charge in [0.05, 0.1) is 12.3 Å². The van der Waals surface area contributed by atoms with E-state index in [2.05, 4.69) is 10.5 Å². The lowest BCUT2D eigenvalue weighted by atomic mass is 10.3. The summed E-state index contributed by atoms with van der Waals surface area (Å²) in [4.78, 5) is 36.6. The Morgan fingerprint density at radius 2 is 2.25 bits per heavy atom. The summed E-state index contributed by atoms with van der Waals surface area (Å²) < 4.78 is 5.39. The zero-order chi connectivity index (χ0) is 17.7. The average Bonchev–Trinajstić information content (AvgIpc) is 2.80. The molecular formula is C15H18N4O4S. The molecule has 1 heterocycles. The van der Waals surface area contributed by atoms with Gasteiger partial charge in [0.1, 0.15) is 11.0 Å². The summed E-state index contributed by atoms with van der Waals surface area (Å²) >= 11 is 0.944. The molecule has 3 N–H and O–H groups in total. The fourth-order valence-corrected chi connectivity index (χ4v) is 2.97. The van der Waals surface area contributed by atoms with Crippen LogP contribution in [-0.2, 0) is 14.4 Å². The van der Waals surface area contributed by atoms with Crippen molar-refractivity contribution in [3.63, 3.8) is 0 Å². The SMILES string of the molecule is CCOc1cccc(N2C(=O)C[C@H](S/C(N)=N\NC(C)=O)C2=O)c1. The van der Waals surface area contributed by atoms with E-state index < -0.39 is 5.25 Å². The molecule has 0 aliphatic carbocycles. The van der Waals surface area contributed by atoms with Gasteiger partial charge < -0.3 is 10.5 Å². The molecule has 1 aliphatic heterocycles. The summed E-state index contributed by atoms with van der Waals surface area (Å²) in [5.74, 6) is -0.488. The number of nitrogens with one attached hydrogen (secondary N) is 1. The van der Waals surface area contributed by atoms with Crippen molar-refractivity contribution in [3.05, 3.63) is 24.3 Å². The first-order valence-corrected chi connectivity index (χ1v) is 8.16. The number of hydrogen-bond acceptors (Lipinski definition) is 6. The van der Waals surface area contributed by atoms with Crippen molar-refractivity contribution >= 4 is 40.3 Å². The van der Waals surface area contributed by atoms with Gasteiger partial charge in [0, 0.05) is 19.4 Å². The molecule has 1 fully saturated rings. The van der Waals surface area contributed by atoms with Gasteiger partial charge >= 0.3 is 0 Å². The molecule has 1 atom stereocenters. The highest BCUT2D eigenvalue weighted by molar-refractivity contribution is 8.14. The number of carbonyl (C=O) groups is 3. The lowest BCUT2D eigenvalue weighted by Crippen LogP contribution is -2.32. The molecule has 0 saturated carbocycles. The predicted octanol–water partition coefficient (Wildman–Crippen LogP) is 0.816. The zero-order valence-corrected chi connectivity index (χ0v) is 14.1. The largest absolute Gasteiger partial charge is 0.494 e. The second-order valence-corrected chi connectivity index (χ2v) is 6.15. The van der Waals surface area contributed by atoms with Crippen molar-refractivity contribution in [1.82, 2.24) is 5.43 Å². The van der Waals surface area contributed by atoms with Crippen LogP contribution < -0.4 is 20.8 Å². The van der Waals surface area contributed by atoms with E-state index in [-0.39, 0.29) is 29.3 Å². The smallest absolute Gasteiger partial charge is 0.247 e. The van der Waals surface area contributed by atoms with Crippen LogP contribution in [-0.4, -0.2) is 34.7 Å². The number of ether oxygens (including phenoxy) is 1. The highest BCUT2D eigenvalue weighted by Crippen LogP contribution is 2.31. The molecule has 0 spiro atoms. The van der Waals surface area contributed by atoms with E-state index in [0.717, 1.165) is 16.7 Å². The molecule has 0 unspecified atom stereocenters. The fourth-order valence-electron chi connectivity index (χ4n) is 2.15. The van der Waals surface area contributed by atoms with E-state index in [1.54, 1.807) is 24.3 Å². The fraction of sp³-hybridized carbons (Fsp3) is 0.333. The summed E-state index contributed by atoms with van der Waals surface area (Å²) in [5, 5.41) is 2.98. The van der Waals surface area contributed by atoms with Crippen molar-refractivity contribution in [2.45, 2.75) is 25.5 Å². The lowest BCUT2D eigenvalue weighted by Gasteiger charge is -2.16. The Kier molecular flexibility index (Phi) is 5.80. The van der Waals surface area contributed by atoms with Crippen molar-refractivity contribution in [2.75, 3.05) is 11.5 Å².